The van der Waals surface area contributed by atoms with Crippen LogP contribution in [-0.2, 0) is 14.3 Å². The van der Waals surface area contributed by atoms with Gasteiger partial charge in [0.15, 0.2) is 0 Å². The van der Waals surface area contributed by atoms with E-state index < -0.39 is 0 Å². The number of rotatable bonds is 4. The zero-order chi connectivity index (χ0) is 19.3. The SMILES string of the molecule is O=C(C1CCCO1)N1CCN(C(=O)C(c2ccccc2)c2ccccc2)CC1. The summed E-state index contributed by atoms with van der Waals surface area (Å²) < 4.78 is 5.52. The van der Waals surface area contributed by atoms with E-state index in [1.165, 1.54) is 0 Å². The molecule has 2 aromatic carbocycles. The third kappa shape index (κ3) is 3.94. The van der Waals surface area contributed by atoms with Crippen LogP contribution in [0.3, 0.4) is 0 Å². The van der Waals surface area contributed by atoms with E-state index in [9.17, 15) is 9.59 Å². The van der Waals surface area contributed by atoms with Crippen molar-refractivity contribution in [1.82, 2.24) is 9.80 Å². The van der Waals surface area contributed by atoms with E-state index in [4.69, 9.17) is 4.74 Å². The van der Waals surface area contributed by atoms with Crippen LogP contribution in [0.4, 0.5) is 0 Å². The third-order valence-electron chi connectivity index (χ3n) is 5.62. The van der Waals surface area contributed by atoms with E-state index in [-0.39, 0.29) is 23.8 Å². The van der Waals surface area contributed by atoms with E-state index in [0.717, 1.165) is 24.0 Å². The van der Waals surface area contributed by atoms with Crippen molar-refractivity contribution >= 4 is 11.8 Å². The van der Waals surface area contributed by atoms with Gasteiger partial charge in [0.05, 0.1) is 5.92 Å². The van der Waals surface area contributed by atoms with Crippen molar-refractivity contribution in [1.29, 1.82) is 0 Å². The summed E-state index contributed by atoms with van der Waals surface area (Å²) in [6.07, 6.45) is 1.47. The van der Waals surface area contributed by atoms with Gasteiger partial charge in [-0.3, -0.25) is 9.59 Å². The van der Waals surface area contributed by atoms with Gasteiger partial charge in [-0.1, -0.05) is 60.7 Å². The third-order valence-corrected chi connectivity index (χ3v) is 5.62. The second-order valence-electron chi connectivity index (χ2n) is 7.41. The first-order chi connectivity index (χ1) is 13.7. The molecule has 0 spiro atoms. The fourth-order valence-corrected chi connectivity index (χ4v) is 4.07. The first kappa shape index (κ1) is 18.7. The molecule has 0 N–H and O–H groups in total. The fraction of sp³-hybridized carbons (Fsp3) is 0.391. The van der Waals surface area contributed by atoms with Crippen LogP contribution < -0.4 is 0 Å². The standard InChI is InChI=1S/C23H26N2O3/c26-22(20-12-7-17-28-20)24-13-15-25(16-14-24)23(27)21(18-8-3-1-4-9-18)19-10-5-2-6-11-19/h1-6,8-11,20-21H,7,12-17H2. The molecule has 2 aromatic rings. The van der Waals surface area contributed by atoms with E-state index in [1.54, 1.807) is 0 Å². The summed E-state index contributed by atoms with van der Waals surface area (Å²) in [6, 6.07) is 19.8. The molecule has 1 atom stereocenters. The zero-order valence-corrected chi connectivity index (χ0v) is 16.0. The lowest BCUT2D eigenvalue weighted by Crippen LogP contribution is -2.53. The minimum Gasteiger partial charge on any atom is -0.368 e. The minimum atomic E-state index is -0.317. The van der Waals surface area contributed by atoms with E-state index in [1.807, 2.05) is 70.5 Å². The van der Waals surface area contributed by atoms with Crippen LogP contribution in [0.2, 0.25) is 0 Å². The molecule has 2 fully saturated rings. The van der Waals surface area contributed by atoms with Crippen molar-refractivity contribution in [2.24, 2.45) is 0 Å². The molecule has 4 rings (SSSR count). The van der Waals surface area contributed by atoms with E-state index in [0.29, 0.717) is 32.8 Å². The van der Waals surface area contributed by atoms with Crippen molar-refractivity contribution in [2.75, 3.05) is 32.8 Å². The first-order valence-corrected chi connectivity index (χ1v) is 10.0. The summed E-state index contributed by atoms with van der Waals surface area (Å²) in [5.74, 6) is -0.142. The molecule has 0 aliphatic carbocycles. The lowest BCUT2D eigenvalue weighted by Gasteiger charge is -2.37. The maximum atomic E-state index is 13.4. The molecule has 2 aliphatic heterocycles. The first-order valence-electron chi connectivity index (χ1n) is 10.0. The zero-order valence-electron chi connectivity index (χ0n) is 16.0. The summed E-state index contributed by atoms with van der Waals surface area (Å²) >= 11 is 0. The molecule has 28 heavy (non-hydrogen) atoms. The van der Waals surface area contributed by atoms with Gasteiger partial charge in [-0.15, -0.1) is 0 Å². The van der Waals surface area contributed by atoms with Gasteiger partial charge in [-0.25, -0.2) is 0 Å². The molecule has 0 bridgehead atoms. The molecular weight excluding hydrogens is 352 g/mol. The molecule has 2 saturated heterocycles. The van der Waals surface area contributed by atoms with Crippen molar-refractivity contribution in [3.63, 3.8) is 0 Å². The van der Waals surface area contributed by atoms with Crippen LogP contribution in [-0.4, -0.2) is 60.5 Å². The van der Waals surface area contributed by atoms with Gasteiger partial charge in [-0.2, -0.15) is 0 Å². The Bertz CT molecular complexity index is 756. The van der Waals surface area contributed by atoms with Gasteiger partial charge in [0.25, 0.3) is 5.91 Å². The summed E-state index contributed by atoms with van der Waals surface area (Å²) in [5.41, 5.74) is 1.99. The normalized spacial score (nSPS) is 19.8. The Kier molecular flexibility index (Phi) is 5.72. The number of piperazine rings is 1. The van der Waals surface area contributed by atoms with E-state index >= 15 is 0 Å². The molecule has 2 amide bonds. The molecule has 5 heteroatoms. The smallest absolute Gasteiger partial charge is 0.251 e. The van der Waals surface area contributed by atoms with Crippen molar-refractivity contribution in [2.45, 2.75) is 24.9 Å². The van der Waals surface area contributed by atoms with Crippen LogP contribution in [0.15, 0.2) is 60.7 Å². The number of carbonyl (C=O) groups is 2. The molecule has 146 valence electrons. The molecule has 0 saturated carbocycles. The van der Waals surface area contributed by atoms with Gasteiger partial charge in [0, 0.05) is 32.8 Å². The highest BCUT2D eigenvalue weighted by Gasteiger charge is 2.33. The predicted molar refractivity (Wildman–Crippen MR) is 107 cm³/mol. The van der Waals surface area contributed by atoms with Gasteiger partial charge in [0.2, 0.25) is 5.91 Å². The lowest BCUT2D eigenvalue weighted by molar-refractivity contribution is -0.146. The molecular formula is C23H26N2O3. The summed E-state index contributed by atoms with van der Waals surface area (Å²) in [4.78, 5) is 29.7. The quantitative estimate of drug-likeness (QED) is 0.822. The number of hydrogen-bond donors (Lipinski definition) is 0. The Morgan fingerprint density at radius 3 is 1.86 bits per heavy atom. The maximum Gasteiger partial charge on any atom is 0.251 e. The van der Waals surface area contributed by atoms with Gasteiger partial charge >= 0.3 is 0 Å². The van der Waals surface area contributed by atoms with Gasteiger partial charge in [-0.05, 0) is 24.0 Å². The highest BCUT2D eigenvalue weighted by Crippen LogP contribution is 2.27. The summed E-state index contributed by atoms with van der Waals surface area (Å²) in [6.45, 7) is 2.94. The predicted octanol–water partition coefficient (Wildman–Crippen LogP) is 2.67. The minimum absolute atomic E-state index is 0.0762. The van der Waals surface area contributed by atoms with Crippen molar-refractivity contribution < 1.29 is 14.3 Å². The average molecular weight is 378 g/mol. The molecule has 2 heterocycles. The Balaban J connectivity index is 1.47. The Labute approximate surface area is 165 Å². The summed E-state index contributed by atoms with van der Waals surface area (Å²) in [7, 11) is 0. The number of nitrogens with zero attached hydrogens (tertiary/aromatic N) is 2. The van der Waals surface area contributed by atoms with Crippen LogP contribution in [0, 0.1) is 0 Å². The largest absolute Gasteiger partial charge is 0.368 e. The Morgan fingerprint density at radius 1 is 0.821 bits per heavy atom. The molecule has 1 unspecified atom stereocenters. The average Bonchev–Trinajstić information content (AvgIpc) is 3.30. The van der Waals surface area contributed by atoms with Crippen LogP contribution in [0.25, 0.3) is 0 Å². The second kappa shape index (κ2) is 8.57. The van der Waals surface area contributed by atoms with Crippen molar-refractivity contribution in [3.05, 3.63) is 71.8 Å². The number of amides is 2. The number of benzene rings is 2. The monoisotopic (exact) mass is 378 g/mol. The lowest BCUT2D eigenvalue weighted by atomic mass is 9.90. The number of carbonyl (C=O) groups excluding carboxylic acids is 2. The number of ether oxygens (including phenoxy) is 1. The second-order valence-corrected chi connectivity index (χ2v) is 7.41. The van der Waals surface area contributed by atoms with Crippen LogP contribution in [0.1, 0.15) is 29.9 Å². The van der Waals surface area contributed by atoms with Gasteiger partial charge < -0.3 is 14.5 Å². The fourth-order valence-electron chi connectivity index (χ4n) is 4.07. The highest BCUT2D eigenvalue weighted by atomic mass is 16.5. The molecule has 5 nitrogen and oxygen atoms in total. The van der Waals surface area contributed by atoms with Gasteiger partial charge in [0.1, 0.15) is 6.10 Å². The highest BCUT2D eigenvalue weighted by molar-refractivity contribution is 5.88. The number of hydrogen-bond acceptors (Lipinski definition) is 3. The Hall–Kier alpha value is -2.66. The van der Waals surface area contributed by atoms with Crippen LogP contribution in [0.5, 0.6) is 0 Å². The topological polar surface area (TPSA) is 49.9 Å². The van der Waals surface area contributed by atoms with Crippen molar-refractivity contribution in [3.8, 4) is 0 Å². The van der Waals surface area contributed by atoms with E-state index in [2.05, 4.69) is 0 Å². The summed E-state index contributed by atoms with van der Waals surface area (Å²) in [5, 5.41) is 0. The molecule has 0 radical (unpaired) electrons. The van der Waals surface area contributed by atoms with Crippen LogP contribution >= 0.6 is 0 Å². The Morgan fingerprint density at radius 2 is 1.36 bits per heavy atom. The molecule has 0 aromatic heterocycles. The molecule has 2 aliphatic rings. The maximum absolute atomic E-state index is 13.4.